The molecule has 1 unspecified atom stereocenters. The molecule has 1 rings (SSSR count). The molecule has 1 aromatic rings. The van der Waals surface area contributed by atoms with Gasteiger partial charge in [0.15, 0.2) is 0 Å². The topological polar surface area (TPSA) is 61.4 Å². The van der Waals surface area contributed by atoms with E-state index in [2.05, 4.69) is 10.6 Å². The van der Waals surface area contributed by atoms with Crippen molar-refractivity contribution in [3.63, 3.8) is 0 Å². The van der Waals surface area contributed by atoms with Gasteiger partial charge in [-0.25, -0.2) is 4.79 Å². The van der Waals surface area contributed by atoms with E-state index in [-0.39, 0.29) is 17.9 Å². The molecule has 1 aromatic carbocycles. The van der Waals surface area contributed by atoms with Crippen LogP contribution in [0.3, 0.4) is 0 Å². The van der Waals surface area contributed by atoms with E-state index < -0.39 is 24.2 Å². The van der Waals surface area contributed by atoms with Gasteiger partial charge >= 0.3 is 12.2 Å². The molecule has 0 bridgehead atoms. The minimum absolute atomic E-state index is 0.0117. The number of carbonyl (C=O) groups is 1. The molecule has 0 spiro atoms. The van der Waals surface area contributed by atoms with E-state index in [0.717, 1.165) is 0 Å². The summed E-state index contributed by atoms with van der Waals surface area (Å²) in [7, 11) is 0. The van der Waals surface area contributed by atoms with Crippen LogP contribution in [0, 0.1) is 0 Å². The van der Waals surface area contributed by atoms with Crippen LogP contribution >= 0.6 is 0 Å². The van der Waals surface area contributed by atoms with Crippen LogP contribution in [-0.4, -0.2) is 29.5 Å². The van der Waals surface area contributed by atoms with Crippen LogP contribution in [0.1, 0.15) is 25.8 Å². The minimum Gasteiger partial charge on any atom is -0.394 e. The normalized spacial score (nSPS) is 14.4. The van der Waals surface area contributed by atoms with Crippen LogP contribution in [0.2, 0.25) is 0 Å². The number of halogens is 3. The van der Waals surface area contributed by atoms with Crippen LogP contribution in [0.5, 0.6) is 0 Å². The molecule has 21 heavy (non-hydrogen) atoms. The standard InChI is InChI=1S/C14H19F3N2O2/c1-3-13(2,9-20)19-12(21)18-11-7-5-4-6-10(11)8-14(15,16)17/h4-7,20H,3,8-9H2,1-2H3,(H2,18,19,21). The first kappa shape index (κ1) is 17.3. The zero-order valence-corrected chi connectivity index (χ0v) is 11.9. The number of amides is 2. The summed E-state index contributed by atoms with van der Waals surface area (Å²) in [6.45, 7) is 3.17. The predicted molar refractivity (Wildman–Crippen MR) is 74.1 cm³/mol. The van der Waals surface area contributed by atoms with Crippen molar-refractivity contribution in [2.75, 3.05) is 11.9 Å². The van der Waals surface area contributed by atoms with Crippen molar-refractivity contribution in [3.8, 4) is 0 Å². The summed E-state index contributed by atoms with van der Waals surface area (Å²) < 4.78 is 37.4. The van der Waals surface area contributed by atoms with E-state index in [1.165, 1.54) is 18.2 Å². The number of para-hydroxylation sites is 1. The summed E-state index contributed by atoms with van der Waals surface area (Å²) in [6, 6.07) is 5.09. The summed E-state index contributed by atoms with van der Waals surface area (Å²) in [5.74, 6) is 0. The number of aliphatic hydroxyl groups excluding tert-OH is 1. The Morgan fingerprint density at radius 3 is 2.43 bits per heavy atom. The molecule has 0 aliphatic carbocycles. The Morgan fingerprint density at radius 1 is 1.29 bits per heavy atom. The lowest BCUT2D eigenvalue weighted by atomic mass is 10.0. The van der Waals surface area contributed by atoms with Crippen molar-refractivity contribution in [2.45, 2.75) is 38.4 Å². The Balaban J connectivity index is 2.81. The maximum Gasteiger partial charge on any atom is 0.393 e. The van der Waals surface area contributed by atoms with E-state index in [9.17, 15) is 23.1 Å². The third-order valence-electron chi connectivity index (χ3n) is 3.20. The average Bonchev–Trinajstić information content (AvgIpc) is 2.39. The van der Waals surface area contributed by atoms with Gasteiger partial charge in [0, 0.05) is 5.69 Å². The highest BCUT2D eigenvalue weighted by atomic mass is 19.4. The summed E-state index contributed by atoms with van der Waals surface area (Å²) in [6.07, 6.45) is -4.98. The highest BCUT2D eigenvalue weighted by Gasteiger charge is 2.29. The van der Waals surface area contributed by atoms with Gasteiger partial charge in [-0.2, -0.15) is 13.2 Å². The first-order valence-electron chi connectivity index (χ1n) is 6.54. The van der Waals surface area contributed by atoms with Gasteiger partial charge in [-0.05, 0) is 25.0 Å². The zero-order chi connectivity index (χ0) is 16.1. The molecule has 1 atom stereocenters. The molecule has 4 nitrogen and oxygen atoms in total. The molecule has 118 valence electrons. The van der Waals surface area contributed by atoms with Gasteiger partial charge in [-0.3, -0.25) is 0 Å². The third-order valence-corrected chi connectivity index (χ3v) is 3.20. The van der Waals surface area contributed by atoms with E-state index in [0.29, 0.717) is 6.42 Å². The molecule has 2 amide bonds. The van der Waals surface area contributed by atoms with E-state index in [4.69, 9.17) is 0 Å². The van der Waals surface area contributed by atoms with Crippen LogP contribution in [0.4, 0.5) is 23.7 Å². The van der Waals surface area contributed by atoms with Crippen molar-refractivity contribution in [3.05, 3.63) is 29.8 Å². The average molecular weight is 304 g/mol. The van der Waals surface area contributed by atoms with Gasteiger partial charge in [0.25, 0.3) is 0 Å². The van der Waals surface area contributed by atoms with Gasteiger partial charge < -0.3 is 15.7 Å². The largest absolute Gasteiger partial charge is 0.394 e. The molecule has 0 radical (unpaired) electrons. The lowest BCUT2D eigenvalue weighted by Crippen LogP contribution is -2.50. The fourth-order valence-electron chi connectivity index (χ4n) is 1.68. The number of anilines is 1. The molecule has 0 fully saturated rings. The lowest BCUT2D eigenvalue weighted by molar-refractivity contribution is -0.127. The quantitative estimate of drug-likeness (QED) is 0.783. The Bertz CT molecular complexity index is 485. The predicted octanol–water partition coefficient (Wildman–Crippen LogP) is 3.07. The number of urea groups is 1. The number of hydrogen-bond donors (Lipinski definition) is 3. The highest BCUT2D eigenvalue weighted by Crippen LogP contribution is 2.26. The van der Waals surface area contributed by atoms with Crippen molar-refractivity contribution in [1.29, 1.82) is 0 Å². The fraction of sp³-hybridized carbons (Fsp3) is 0.500. The zero-order valence-electron chi connectivity index (χ0n) is 11.9. The number of alkyl halides is 3. The number of hydrogen-bond acceptors (Lipinski definition) is 2. The summed E-state index contributed by atoms with van der Waals surface area (Å²) in [4.78, 5) is 11.8. The number of nitrogens with one attached hydrogen (secondary N) is 2. The molecule has 0 saturated carbocycles. The summed E-state index contributed by atoms with van der Waals surface area (Å²) in [5, 5.41) is 14.2. The molecular weight excluding hydrogens is 285 g/mol. The van der Waals surface area contributed by atoms with Crippen LogP contribution in [0.15, 0.2) is 24.3 Å². The second kappa shape index (κ2) is 6.80. The molecule has 0 aliphatic heterocycles. The monoisotopic (exact) mass is 304 g/mol. The van der Waals surface area contributed by atoms with Crippen molar-refractivity contribution in [1.82, 2.24) is 5.32 Å². The fourth-order valence-corrected chi connectivity index (χ4v) is 1.68. The van der Waals surface area contributed by atoms with Gasteiger partial charge in [0.1, 0.15) is 0 Å². The minimum atomic E-state index is -4.35. The first-order valence-corrected chi connectivity index (χ1v) is 6.54. The maximum atomic E-state index is 12.5. The van der Waals surface area contributed by atoms with Crippen molar-refractivity contribution in [2.24, 2.45) is 0 Å². The number of rotatable bonds is 5. The SMILES string of the molecule is CCC(C)(CO)NC(=O)Nc1ccccc1CC(F)(F)F. The van der Waals surface area contributed by atoms with Gasteiger partial charge in [-0.15, -0.1) is 0 Å². The Kier molecular flexibility index (Phi) is 5.60. The molecular formula is C14H19F3N2O2. The maximum absolute atomic E-state index is 12.5. The van der Waals surface area contributed by atoms with Crippen LogP contribution in [-0.2, 0) is 6.42 Å². The Labute approximate surface area is 121 Å². The second-order valence-corrected chi connectivity index (χ2v) is 5.10. The van der Waals surface area contributed by atoms with Crippen molar-refractivity contribution < 1.29 is 23.1 Å². The van der Waals surface area contributed by atoms with E-state index in [1.807, 2.05) is 0 Å². The Morgan fingerprint density at radius 2 is 1.90 bits per heavy atom. The number of carbonyl (C=O) groups excluding carboxylic acids is 1. The van der Waals surface area contributed by atoms with Crippen molar-refractivity contribution >= 4 is 11.7 Å². The summed E-state index contributed by atoms with van der Waals surface area (Å²) >= 11 is 0. The second-order valence-electron chi connectivity index (χ2n) is 5.10. The van der Waals surface area contributed by atoms with Gasteiger partial charge in [0.2, 0.25) is 0 Å². The lowest BCUT2D eigenvalue weighted by Gasteiger charge is -2.27. The van der Waals surface area contributed by atoms with Crippen LogP contribution < -0.4 is 10.6 Å². The number of benzene rings is 1. The smallest absolute Gasteiger partial charge is 0.393 e. The molecule has 0 aromatic heterocycles. The van der Waals surface area contributed by atoms with Crippen LogP contribution in [0.25, 0.3) is 0 Å². The van der Waals surface area contributed by atoms with Gasteiger partial charge in [-0.1, -0.05) is 25.1 Å². The number of aliphatic hydroxyl groups is 1. The van der Waals surface area contributed by atoms with E-state index in [1.54, 1.807) is 19.9 Å². The first-order chi connectivity index (χ1) is 9.69. The molecule has 0 heterocycles. The molecule has 0 saturated heterocycles. The third kappa shape index (κ3) is 5.63. The molecule has 0 aliphatic rings. The summed E-state index contributed by atoms with van der Waals surface area (Å²) in [5.41, 5.74) is -0.727. The Hall–Kier alpha value is -1.76. The molecule has 7 heteroatoms. The highest BCUT2D eigenvalue weighted by molar-refractivity contribution is 5.90. The molecule has 3 N–H and O–H groups in total. The van der Waals surface area contributed by atoms with E-state index >= 15 is 0 Å². The van der Waals surface area contributed by atoms with Gasteiger partial charge in [0.05, 0.1) is 18.6 Å².